The highest BCUT2D eigenvalue weighted by molar-refractivity contribution is 7.92. The highest BCUT2D eigenvalue weighted by atomic mass is 32.2. The van der Waals surface area contributed by atoms with Crippen LogP contribution in [0.2, 0.25) is 0 Å². The largest absolute Gasteiger partial charge is 0.426 e. The predicted molar refractivity (Wildman–Crippen MR) is 145 cm³/mol. The molecule has 0 radical (unpaired) electrons. The number of likely N-dealkylation sites (tertiary alicyclic amines) is 1. The average Bonchev–Trinajstić information content (AvgIpc) is 3.32. The van der Waals surface area contributed by atoms with Crippen molar-refractivity contribution in [2.24, 2.45) is 17.8 Å². The van der Waals surface area contributed by atoms with Gasteiger partial charge >= 0.3 is 6.18 Å². The van der Waals surface area contributed by atoms with Crippen LogP contribution >= 0.6 is 0 Å². The monoisotopic (exact) mass is 611 g/mol. The normalized spacial score (nSPS) is 26.3. The molecular formula is C31H34F5NO4S. The summed E-state index contributed by atoms with van der Waals surface area (Å²) in [6, 6.07) is 7.91. The summed E-state index contributed by atoms with van der Waals surface area (Å²) in [5, 5.41) is 0. The van der Waals surface area contributed by atoms with Crippen molar-refractivity contribution >= 4 is 21.5 Å². The van der Waals surface area contributed by atoms with Gasteiger partial charge in [0.05, 0.1) is 4.90 Å². The quantitative estimate of drug-likeness (QED) is 0.279. The lowest BCUT2D eigenvalue weighted by atomic mass is 9.71. The Hall–Kier alpha value is -2.82. The molecule has 5 rings (SSSR count). The Labute approximate surface area is 242 Å². The number of alkyl halides is 4. The highest BCUT2D eigenvalue weighted by Gasteiger charge is 2.61. The van der Waals surface area contributed by atoms with E-state index in [0.29, 0.717) is 56.8 Å². The van der Waals surface area contributed by atoms with E-state index in [0.717, 1.165) is 24.3 Å². The first-order chi connectivity index (χ1) is 19.6. The first kappa shape index (κ1) is 30.6. The molecule has 1 aliphatic heterocycles. The van der Waals surface area contributed by atoms with Gasteiger partial charge in [-0.1, -0.05) is 18.2 Å². The number of benzene rings is 2. The number of halogens is 5. The van der Waals surface area contributed by atoms with Gasteiger partial charge in [0.25, 0.3) is 0 Å². The number of fused-ring (bicyclic) bond motifs is 3. The van der Waals surface area contributed by atoms with E-state index < -0.39 is 43.7 Å². The van der Waals surface area contributed by atoms with Crippen LogP contribution in [0.15, 0.2) is 47.4 Å². The fourth-order valence-electron chi connectivity index (χ4n) is 7.44. The van der Waals surface area contributed by atoms with E-state index in [1.165, 1.54) is 25.1 Å². The van der Waals surface area contributed by atoms with Gasteiger partial charge in [0.2, 0.25) is 11.6 Å². The maximum absolute atomic E-state index is 14.9. The van der Waals surface area contributed by atoms with Crippen LogP contribution in [0.3, 0.4) is 0 Å². The number of hydrogen-bond acceptors (Lipinski definition) is 4. The topological polar surface area (TPSA) is 71.5 Å². The van der Waals surface area contributed by atoms with Gasteiger partial charge in [-0.2, -0.15) is 13.2 Å². The number of aryl methyl sites for hydroxylation is 1. The summed E-state index contributed by atoms with van der Waals surface area (Å²) < 4.78 is 96.5. The molecule has 1 amide bonds. The molecule has 0 N–H and O–H groups in total. The first-order valence-electron chi connectivity index (χ1n) is 14.3. The smallest absolute Gasteiger partial charge is 0.343 e. The minimum absolute atomic E-state index is 0.0256. The zero-order chi connectivity index (χ0) is 30.7. The lowest BCUT2D eigenvalue weighted by molar-refractivity contribution is -0.228. The van der Waals surface area contributed by atoms with Crippen LogP contribution in [0.25, 0.3) is 0 Å². The van der Waals surface area contributed by atoms with Crippen molar-refractivity contribution in [3.63, 3.8) is 0 Å². The third-order valence-electron chi connectivity index (χ3n) is 9.88. The number of rotatable bonds is 6. The molecule has 2 aromatic rings. The third-order valence-corrected chi connectivity index (χ3v) is 12.5. The maximum atomic E-state index is 14.9. The zero-order valence-electron chi connectivity index (χ0n) is 23.5. The van der Waals surface area contributed by atoms with Crippen molar-refractivity contribution < 1.29 is 40.0 Å². The van der Waals surface area contributed by atoms with Gasteiger partial charge in [-0.15, -0.1) is 0 Å². The number of ketones is 1. The minimum atomic E-state index is -5.16. The van der Waals surface area contributed by atoms with E-state index in [9.17, 15) is 40.0 Å². The van der Waals surface area contributed by atoms with Crippen molar-refractivity contribution in [3.05, 3.63) is 65.0 Å². The first-order valence-corrected chi connectivity index (χ1v) is 15.8. The van der Waals surface area contributed by atoms with Crippen molar-refractivity contribution in [2.75, 3.05) is 13.1 Å². The molecular weight excluding hydrogens is 577 g/mol. The fraction of sp³-hybridized carbons (Fsp3) is 0.548. The molecule has 1 saturated heterocycles. The number of amides is 1. The molecule has 3 aliphatic rings. The summed E-state index contributed by atoms with van der Waals surface area (Å²) in [5.74, 6) is -1.65. The number of Topliss-reactive ketones (excluding diaryl/α,β-unsaturated/α-hetero) is 1. The van der Waals surface area contributed by atoms with Crippen LogP contribution in [0.4, 0.5) is 22.0 Å². The zero-order valence-corrected chi connectivity index (χ0v) is 24.3. The lowest BCUT2D eigenvalue weighted by Gasteiger charge is -2.43. The van der Waals surface area contributed by atoms with Gasteiger partial charge in [0.1, 0.15) is 16.3 Å². The van der Waals surface area contributed by atoms with Gasteiger partial charge in [0, 0.05) is 32.4 Å². The van der Waals surface area contributed by atoms with Crippen LogP contribution in [0.5, 0.6) is 0 Å². The van der Waals surface area contributed by atoms with Crippen LogP contribution in [0.1, 0.15) is 69.1 Å². The summed E-state index contributed by atoms with van der Waals surface area (Å²) in [7, 11) is -4.22. The Balaban J connectivity index is 1.52. The standard InChI is InChI=1S/C31H34F5NO4S/c1-19(38)37-15-12-20(13-16-37)28(39)18-22-11-14-30(42(40,41)25-7-5-24(32)6-8-25)26(22)9-3-21-17-23(4-10-27(21)30)29(2,33)31(34,35)36/h4-8,10,17,20,22,26H,3,9,11-16,18H2,1-2H3/t22-,26+,29?,30+/m1/s1. The van der Waals surface area contributed by atoms with Crippen molar-refractivity contribution in [1.82, 2.24) is 4.90 Å². The summed E-state index contributed by atoms with van der Waals surface area (Å²) in [4.78, 5) is 26.7. The van der Waals surface area contributed by atoms with E-state index in [1.807, 2.05) is 0 Å². The number of hydrogen-bond donors (Lipinski definition) is 0. The van der Waals surface area contributed by atoms with E-state index >= 15 is 0 Å². The number of carbonyl (C=O) groups is 2. The average molecular weight is 612 g/mol. The number of carbonyl (C=O) groups excluding carboxylic acids is 2. The predicted octanol–water partition coefficient (Wildman–Crippen LogP) is 6.43. The maximum Gasteiger partial charge on any atom is 0.426 e. The molecule has 228 valence electrons. The van der Waals surface area contributed by atoms with Crippen molar-refractivity contribution in [1.29, 1.82) is 0 Å². The molecule has 0 spiro atoms. The van der Waals surface area contributed by atoms with Crippen LogP contribution in [0, 0.1) is 23.6 Å². The molecule has 1 saturated carbocycles. The van der Waals surface area contributed by atoms with Crippen LogP contribution < -0.4 is 0 Å². The number of nitrogens with zero attached hydrogens (tertiary/aromatic N) is 1. The molecule has 5 nitrogen and oxygen atoms in total. The van der Waals surface area contributed by atoms with Gasteiger partial charge < -0.3 is 4.90 Å². The molecule has 2 aromatic carbocycles. The highest BCUT2D eigenvalue weighted by Crippen LogP contribution is 2.60. The van der Waals surface area contributed by atoms with Crippen molar-refractivity contribution in [2.45, 2.75) is 80.3 Å². The summed E-state index contributed by atoms with van der Waals surface area (Å²) in [6.07, 6.45) is -2.82. The Bertz CT molecular complexity index is 1480. The number of piperidine rings is 1. The lowest BCUT2D eigenvalue weighted by Crippen LogP contribution is -2.45. The Morgan fingerprint density at radius 1 is 0.976 bits per heavy atom. The number of sulfone groups is 1. The third kappa shape index (κ3) is 4.95. The SMILES string of the molecule is CC(=O)N1CCC(C(=O)C[C@H]2CC[C@@]3(S(=O)(=O)c4ccc(F)cc4)c4ccc(C(C)(F)C(F)(F)F)cc4CC[C@@H]23)CC1. The Morgan fingerprint density at radius 3 is 2.21 bits per heavy atom. The van der Waals surface area contributed by atoms with E-state index in [1.54, 1.807) is 4.90 Å². The van der Waals surface area contributed by atoms with E-state index in [4.69, 9.17) is 0 Å². The molecule has 1 heterocycles. The second-order valence-corrected chi connectivity index (χ2v) is 14.3. The second kappa shape index (κ2) is 10.7. The van der Waals surface area contributed by atoms with Gasteiger partial charge in [-0.25, -0.2) is 17.2 Å². The summed E-state index contributed by atoms with van der Waals surface area (Å²) >= 11 is 0. The molecule has 1 unspecified atom stereocenters. The van der Waals surface area contributed by atoms with Gasteiger partial charge in [-0.3, -0.25) is 9.59 Å². The molecule has 0 bridgehead atoms. The van der Waals surface area contributed by atoms with E-state index in [2.05, 4.69) is 0 Å². The molecule has 0 aromatic heterocycles. The molecule has 42 heavy (non-hydrogen) atoms. The van der Waals surface area contributed by atoms with E-state index in [-0.39, 0.29) is 47.7 Å². The molecule has 2 fully saturated rings. The fourth-order valence-corrected chi connectivity index (χ4v) is 9.94. The summed E-state index contributed by atoms with van der Waals surface area (Å²) in [6.45, 7) is 2.92. The van der Waals surface area contributed by atoms with Crippen LogP contribution in [-0.2, 0) is 36.3 Å². The minimum Gasteiger partial charge on any atom is -0.343 e. The van der Waals surface area contributed by atoms with Gasteiger partial charge in [0.15, 0.2) is 9.84 Å². The van der Waals surface area contributed by atoms with Gasteiger partial charge in [-0.05, 0) is 98.2 Å². The Morgan fingerprint density at radius 2 is 1.62 bits per heavy atom. The molecule has 2 aliphatic carbocycles. The molecule has 11 heteroatoms. The summed E-state index contributed by atoms with van der Waals surface area (Å²) in [5.41, 5.74) is -3.55. The molecule has 4 atom stereocenters. The van der Waals surface area contributed by atoms with Crippen molar-refractivity contribution in [3.8, 4) is 0 Å². The second-order valence-electron chi connectivity index (χ2n) is 12.1. The van der Waals surface area contributed by atoms with Crippen LogP contribution in [-0.4, -0.2) is 44.3 Å². The Kier molecular flexibility index (Phi) is 7.82.